The van der Waals surface area contributed by atoms with Crippen LogP contribution in [-0.2, 0) is 24.4 Å². The molecule has 2 N–H and O–H groups in total. The maximum Gasteiger partial charge on any atom is 0.296 e. The van der Waals surface area contributed by atoms with Gasteiger partial charge in [0.2, 0.25) is 5.75 Å². The predicted molar refractivity (Wildman–Crippen MR) is 102 cm³/mol. The van der Waals surface area contributed by atoms with Crippen LogP contribution in [0.3, 0.4) is 0 Å². The molecule has 0 aliphatic carbocycles. The minimum atomic E-state index is -1.05. The van der Waals surface area contributed by atoms with Crippen LogP contribution in [-0.4, -0.2) is 54.8 Å². The summed E-state index contributed by atoms with van der Waals surface area (Å²) in [7, 11) is 2.23. The molecular formula is C18H21FN4O4S. The average molecular weight is 408 g/mol. The molecule has 1 amide bonds. The third kappa shape index (κ3) is 4.12. The zero-order chi connectivity index (χ0) is 20.4. The Morgan fingerprint density at radius 2 is 2.04 bits per heavy atom. The lowest BCUT2D eigenvalue weighted by Crippen LogP contribution is -2.42. The number of aromatic hydroxyl groups is 1. The van der Waals surface area contributed by atoms with Crippen LogP contribution in [0.2, 0.25) is 0 Å². The van der Waals surface area contributed by atoms with Crippen LogP contribution in [0, 0.1) is 5.82 Å². The number of benzene rings is 1. The van der Waals surface area contributed by atoms with E-state index in [2.05, 4.69) is 10.3 Å². The molecule has 150 valence electrons. The summed E-state index contributed by atoms with van der Waals surface area (Å²) < 4.78 is 26.1. The minimum absolute atomic E-state index is 0.0815. The Hall–Kier alpha value is -2.59. The van der Waals surface area contributed by atoms with Crippen molar-refractivity contribution < 1.29 is 18.5 Å². The second kappa shape index (κ2) is 8.19. The smallest absolute Gasteiger partial charge is 0.296 e. The molecule has 1 aromatic carbocycles. The molecule has 2 heterocycles. The summed E-state index contributed by atoms with van der Waals surface area (Å²) >= 11 is 0. The third-order valence-corrected chi connectivity index (χ3v) is 6.05. The maximum atomic E-state index is 13.0. The summed E-state index contributed by atoms with van der Waals surface area (Å²) in [6, 6.07) is 5.17. The van der Waals surface area contributed by atoms with Crippen molar-refractivity contribution >= 4 is 16.7 Å². The first-order chi connectivity index (χ1) is 13.3. The van der Waals surface area contributed by atoms with Gasteiger partial charge in [-0.05, 0) is 24.7 Å². The van der Waals surface area contributed by atoms with E-state index in [1.165, 1.54) is 35.9 Å². The van der Waals surface area contributed by atoms with E-state index in [-0.39, 0.29) is 29.6 Å². The Balaban J connectivity index is 1.89. The lowest BCUT2D eigenvalue weighted by atomic mass is 10.2. The second-order valence-electron chi connectivity index (χ2n) is 6.65. The summed E-state index contributed by atoms with van der Waals surface area (Å²) in [5, 5.41) is 12.7. The van der Waals surface area contributed by atoms with Crippen molar-refractivity contribution in [3.05, 3.63) is 57.5 Å². The lowest BCUT2D eigenvalue weighted by molar-refractivity contribution is 0.0941. The first-order valence-electron chi connectivity index (χ1n) is 8.65. The summed E-state index contributed by atoms with van der Waals surface area (Å²) in [4.78, 5) is 31.1. The highest BCUT2D eigenvalue weighted by Gasteiger charge is 2.30. The summed E-state index contributed by atoms with van der Waals surface area (Å²) in [6.45, 7) is 0.651. The molecule has 2 aromatic rings. The first kappa shape index (κ1) is 20.2. The molecule has 8 nitrogen and oxygen atoms in total. The number of hydrogen-bond donors (Lipinski definition) is 2. The van der Waals surface area contributed by atoms with Crippen LogP contribution in [0.15, 0.2) is 29.1 Å². The van der Waals surface area contributed by atoms with Gasteiger partial charge in [0.1, 0.15) is 11.6 Å². The van der Waals surface area contributed by atoms with Gasteiger partial charge >= 0.3 is 0 Å². The van der Waals surface area contributed by atoms with Crippen LogP contribution in [0.5, 0.6) is 5.75 Å². The molecule has 1 aromatic heterocycles. The lowest BCUT2D eigenvalue weighted by Gasteiger charge is -2.32. The molecule has 1 fully saturated rings. The maximum absolute atomic E-state index is 13.0. The number of hydrogen-bond acceptors (Lipinski definition) is 6. The first-order valence-corrected chi connectivity index (χ1v) is 10.1. The number of aromatic nitrogens is 2. The SMILES string of the molecule is CN1CCS(=O)CC1c1nc(C(=O)NCc2ccc(F)cc2)c(O)c(=O)n1C. The fourth-order valence-corrected chi connectivity index (χ4v) is 4.41. The van der Waals surface area contributed by atoms with Gasteiger partial charge in [-0.15, -0.1) is 0 Å². The Morgan fingerprint density at radius 3 is 2.71 bits per heavy atom. The molecule has 1 aliphatic heterocycles. The molecular weight excluding hydrogens is 387 g/mol. The van der Waals surface area contributed by atoms with E-state index in [4.69, 9.17) is 0 Å². The van der Waals surface area contributed by atoms with Gasteiger partial charge in [-0.2, -0.15) is 0 Å². The van der Waals surface area contributed by atoms with Crippen molar-refractivity contribution in [3.63, 3.8) is 0 Å². The van der Waals surface area contributed by atoms with Gasteiger partial charge < -0.3 is 10.4 Å². The number of carbonyl (C=O) groups is 1. The Kier molecular flexibility index (Phi) is 5.90. The minimum Gasteiger partial charge on any atom is -0.501 e. The fraction of sp³-hybridized carbons (Fsp3) is 0.389. The predicted octanol–water partition coefficient (Wildman–Crippen LogP) is 0.290. The Bertz CT molecular complexity index is 977. The Labute approximate surface area is 163 Å². The number of nitrogens with zero attached hydrogens (tertiary/aromatic N) is 3. The molecule has 28 heavy (non-hydrogen) atoms. The number of nitrogens with one attached hydrogen (secondary N) is 1. The number of amides is 1. The van der Waals surface area contributed by atoms with Gasteiger partial charge in [0.05, 0.1) is 6.04 Å². The fourth-order valence-electron chi connectivity index (χ4n) is 2.99. The molecule has 0 spiro atoms. The molecule has 2 atom stereocenters. The van der Waals surface area contributed by atoms with Crippen LogP contribution >= 0.6 is 0 Å². The van der Waals surface area contributed by atoms with Crippen LogP contribution in [0.4, 0.5) is 4.39 Å². The molecule has 10 heteroatoms. The normalized spacial score (nSPS) is 20.1. The molecule has 2 unspecified atom stereocenters. The van der Waals surface area contributed by atoms with Crippen LogP contribution < -0.4 is 10.9 Å². The Morgan fingerprint density at radius 1 is 1.36 bits per heavy atom. The molecule has 1 saturated heterocycles. The van der Waals surface area contributed by atoms with Gasteiger partial charge in [-0.1, -0.05) is 12.1 Å². The standard InChI is InChI=1S/C18H21FN4O4S/c1-22-7-8-28(27)10-13(22)16-21-14(15(24)18(26)23(16)2)17(25)20-9-11-3-5-12(19)6-4-11/h3-6,13,24H,7-10H2,1-2H3,(H,20,25). The zero-order valence-electron chi connectivity index (χ0n) is 15.5. The monoisotopic (exact) mass is 408 g/mol. The van der Waals surface area contributed by atoms with E-state index < -0.39 is 34.1 Å². The van der Waals surface area contributed by atoms with Crippen molar-refractivity contribution in [2.45, 2.75) is 12.6 Å². The highest BCUT2D eigenvalue weighted by molar-refractivity contribution is 7.85. The summed E-state index contributed by atoms with van der Waals surface area (Å²) in [5.41, 5.74) is -0.479. The third-order valence-electron chi connectivity index (χ3n) is 4.73. The van der Waals surface area contributed by atoms with E-state index in [0.717, 1.165) is 0 Å². The van der Waals surface area contributed by atoms with E-state index >= 15 is 0 Å². The molecule has 3 rings (SSSR count). The van der Waals surface area contributed by atoms with Crippen molar-refractivity contribution in [1.29, 1.82) is 0 Å². The molecule has 0 radical (unpaired) electrons. The number of rotatable bonds is 4. The van der Waals surface area contributed by atoms with E-state index in [0.29, 0.717) is 17.9 Å². The highest BCUT2D eigenvalue weighted by atomic mass is 32.2. The van der Waals surface area contributed by atoms with E-state index in [9.17, 15) is 23.3 Å². The van der Waals surface area contributed by atoms with Crippen molar-refractivity contribution in [1.82, 2.24) is 19.8 Å². The molecule has 1 aliphatic rings. The quantitative estimate of drug-likeness (QED) is 0.754. The van der Waals surface area contributed by atoms with Crippen molar-refractivity contribution in [3.8, 4) is 5.75 Å². The van der Waals surface area contributed by atoms with Gasteiger partial charge in [-0.3, -0.25) is 23.3 Å². The largest absolute Gasteiger partial charge is 0.501 e. The van der Waals surface area contributed by atoms with Gasteiger partial charge in [-0.25, -0.2) is 9.37 Å². The van der Waals surface area contributed by atoms with Crippen LogP contribution in [0.25, 0.3) is 0 Å². The number of halogens is 1. The van der Waals surface area contributed by atoms with Gasteiger partial charge in [0.25, 0.3) is 11.5 Å². The second-order valence-corrected chi connectivity index (χ2v) is 8.27. The van der Waals surface area contributed by atoms with Crippen LogP contribution in [0.1, 0.15) is 27.9 Å². The summed E-state index contributed by atoms with van der Waals surface area (Å²) in [5.74, 6) is -0.768. The number of carbonyl (C=O) groups excluding carboxylic acids is 1. The van der Waals surface area contributed by atoms with E-state index in [1.54, 1.807) is 0 Å². The topological polar surface area (TPSA) is 105 Å². The molecule has 0 bridgehead atoms. The zero-order valence-corrected chi connectivity index (χ0v) is 16.3. The van der Waals surface area contributed by atoms with Crippen molar-refractivity contribution in [2.24, 2.45) is 7.05 Å². The molecule has 0 saturated carbocycles. The average Bonchev–Trinajstić information content (AvgIpc) is 2.68. The van der Waals surface area contributed by atoms with Gasteiger partial charge in [0.15, 0.2) is 5.69 Å². The van der Waals surface area contributed by atoms with E-state index in [1.807, 2.05) is 11.9 Å². The van der Waals surface area contributed by atoms with Crippen molar-refractivity contribution in [2.75, 3.05) is 25.1 Å². The summed E-state index contributed by atoms with van der Waals surface area (Å²) in [6.07, 6.45) is 0. The van der Waals surface area contributed by atoms with Gasteiger partial charge in [0, 0.05) is 42.4 Å². The highest BCUT2D eigenvalue weighted by Crippen LogP contribution is 2.23.